The van der Waals surface area contributed by atoms with Crippen LogP contribution in [-0.4, -0.2) is 60.4 Å². The van der Waals surface area contributed by atoms with Crippen LogP contribution in [0.4, 0.5) is 18.0 Å². The van der Waals surface area contributed by atoms with Crippen molar-refractivity contribution in [2.45, 2.75) is 69.5 Å². The van der Waals surface area contributed by atoms with Crippen molar-refractivity contribution in [2.24, 2.45) is 5.92 Å². The Labute approximate surface area is 242 Å². The highest BCUT2D eigenvalue weighted by atomic mass is 32.2. The number of carbonyl (C=O) groups excluding carboxylic acids is 1. The number of ether oxygens (including phenoxy) is 2. The quantitative estimate of drug-likeness (QED) is 0.234. The Morgan fingerprint density at radius 2 is 1.56 bits per heavy atom. The maximum Gasteiger partial charge on any atom is 0.534 e. The average molecular weight is 623 g/mol. The Bertz CT molecular complexity index is 1260. The normalized spacial score (nSPS) is 14.0. The number of amides is 1. The zero-order valence-electron chi connectivity index (χ0n) is 23.9. The number of carbonyl (C=O) groups is 1. The van der Waals surface area contributed by atoms with E-state index < -0.39 is 50.1 Å². The second-order valence-corrected chi connectivity index (χ2v) is 13.7. The summed E-state index contributed by atoms with van der Waals surface area (Å²) in [6, 6.07) is 11.4. The molecule has 2 aromatic rings. The molecule has 0 aliphatic heterocycles. The highest BCUT2D eigenvalue weighted by Gasteiger charge is 2.48. The number of alkyl halides is 3. The number of methoxy groups -OCH3 is 1. The van der Waals surface area contributed by atoms with Gasteiger partial charge in [0.15, 0.2) is 0 Å². The first kappa shape index (κ1) is 34.4. The summed E-state index contributed by atoms with van der Waals surface area (Å²) in [7, 11) is -5.75. The minimum Gasteiger partial charge on any atom is -0.497 e. The molecular weight excluding hydrogens is 585 g/mol. The predicted octanol–water partition coefficient (Wildman–Crippen LogP) is 5.43. The molecule has 2 atom stereocenters. The second-order valence-electron chi connectivity index (χ2n) is 10.7. The fraction of sp³-hybridized carbons (Fsp3) is 0.519. The third kappa shape index (κ3) is 11.5. The van der Waals surface area contributed by atoms with Gasteiger partial charge in [0.05, 0.1) is 12.0 Å². The standard InChI is InChI=1S/C27H37F3N2O7S2/c1-19(2)18-32(40(34)24-13-11-22(37-6)12-14-24)16-15-21(31-25(33)38-26(3,4)5)17-20-7-9-23(10-8-20)39-41(35,36)27(28,29)30/h7-14,19,21H,15-18H2,1-6H3,(H,31,33)/t21-,40?/m1/s1. The first-order chi connectivity index (χ1) is 18.9. The molecule has 0 bridgehead atoms. The van der Waals surface area contributed by atoms with Crippen LogP contribution in [0.25, 0.3) is 0 Å². The zero-order valence-corrected chi connectivity index (χ0v) is 25.5. The van der Waals surface area contributed by atoms with E-state index in [1.807, 2.05) is 13.8 Å². The molecule has 0 aliphatic carbocycles. The lowest BCUT2D eigenvalue weighted by Crippen LogP contribution is -2.42. The van der Waals surface area contributed by atoms with Gasteiger partial charge < -0.3 is 19.0 Å². The third-order valence-corrected chi connectivity index (χ3v) is 7.86. The summed E-state index contributed by atoms with van der Waals surface area (Å²) in [6.45, 7) is 10.0. The lowest BCUT2D eigenvalue weighted by atomic mass is 10.0. The molecule has 1 unspecified atom stereocenters. The largest absolute Gasteiger partial charge is 0.534 e. The summed E-state index contributed by atoms with van der Waals surface area (Å²) in [5, 5.41) is 2.82. The van der Waals surface area contributed by atoms with Gasteiger partial charge in [0.1, 0.15) is 28.1 Å². The third-order valence-electron chi connectivity index (χ3n) is 5.41. The Morgan fingerprint density at radius 1 is 1.00 bits per heavy atom. The maximum absolute atomic E-state index is 13.4. The number of rotatable bonds is 13. The van der Waals surface area contributed by atoms with E-state index in [4.69, 9.17) is 9.47 Å². The van der Waals surface area contributed by atoms with Gasteiger partial charge in [-0.2, -0.15) is 21.6 Å². The van der Waals surface area contributed by atoms with Crippen LogP contribution in [0.3, 0.4) is 0 Å². The van der Waals surface area contributed by atoms with Gasteiger partial charge in [0.25, 0.3) is 0 Å². The zero-order chi connectivity index (χ0) is 31.0. The first-order valence-electron chi connectivity index (χ1n) is 12.8. The van der Waals surface area contributed by atoms with Gasteiger partial charge in [0, 0.05) is 19.1 Å². The minimum absolute atomic E-state index is 0.190. The molecule has 14 heteroatoms. The van der Waals surface area contributed by atoms with Gasteiger partial charge in [0.2, 0.25) is 0 Å². The molecule has 0 saturated carbocycles. The molecule has 0 aromatic heterocycles. The van der Waals surface area contributed by atoms with E-state index in [1.165, 1.54) is 12.1 Å². The van der Waals surface area contributed by atoms with Crippen molar-refractivity contribution in [3.63, 3.8) is 0 Å². The molecule has 9 nitrogen and oxygen atoms in total. The SMILES string of the molecule is COc1ccc(S(=O)N(CC[C@H](Cc2ccc(OS(=O)(=O)C(F)(F)F)cc2)NC(=O)OC(C)(C)C)CC(C)C)cc1. The van der Waals surface area contributed by atoms with E-state index in [1.54, 1.807) is 56.5 Å². The number of alkyl carbamates (subject to hydrolysis) is 1. The number of benzene rings is 2. The predicted molar refractivity (Wildman–Crippen MR) is 149 cm³/mol. The first-order valence-corrected chi connectivity index (χ1v) is 15.3. The molecule has 0 saturated heterocycles. The van der Waals surface area contributed by atoms with Crippen LogP contribution in [0, 0.1) is 5.92 Å². The smallest absolute Gasteiger partial charge is 0.497 e. The summed E-state index contributed by atoms with van der Waals surface area (Å²) in [5.41, 5.74) is -5.71. The van der Waals surface area contributed by atoms with Crippen molar-refractivity contribution in [1.29, 1.82) is 0 Å². The van der Waals surface area contributed by atoms with Crippen molar-refractivity contribution in [3.8, 4) is 11.5 Å². The van der Waals surface area contributed by atoms with Gasteiger partial charge in [-0.05, 0) is 81.5 Å². The molecular formula is C27H37F3N2O7S2. The van der Waals surface area contributed by atoms with E-state index in [2.05, 4.69) is 9.50 Å². The van der Waals surface area contributed by atoms with Crippen molar-refractivity contribution < 1.29 is 44.2 Å². The number of hydrogen-bond acceptors (Lipinski definition) is 7. The molecule has 230 valence electrons. The Morgan fingerprint density at radius 3 is 2.05 bits per heavy atom. The van der Waals surface area contributed by atoms with Crippen LogP contribution in [0.2, 0.25) is 0 Å². The fourth-order valence-corrected chi connectivity index (χ4v) is 5.46. The van der Waals surface area contributed by atoms with Gasteiger partial charge in [-0.1, -0.05) is 26.0 Å². The van der Waals surface area contributed by atoms with Gasteiger partial charge >= 0.3 is 21.7 Å². The molecule has 1 N–H and O–H groups in total. The number of nitrogens with one attached hydrogen (secondary N) is 1. The molecule has 0 heterocycles. The molecule has 0 fully saturated rings. The van der Waals surface area contributed by atoms with Gasteiger partial charge in [-0.15, -0.1) is 0 Å². The maximum atomic E-state index is 13.4. The topological polar surface area (TPSA) is 111 Å². The molecule has 0 aliphatic rings. The fourth-order valence-electron chi connectivity index (χ4n) is 3.63. The molecule has 2 aromatic carbocycles. The highest BCUT2D eigenvalue weighted by molar-refractivity contribution is 7.88. The van der Waals surface area contributed by atoms with Crippen LogP contribution in [0.5, 0.6) is 11.5 Å². The summed E-state index contributed by atoms with van der Waals surface area (Å²) in [6.07, 6.45) is -0.0736. The van der Waals surface area contributed by atoms with E-state index >= 15 is 0 Å². The van der Waals surface area contributed by atoms with Crippen LogP contribution < -0.4 is 14.2 Å². The summed E-state index contributed by atoms with van der Waals surface area (Å²) in [4.78, 5) is 13.2. The Kier molecular flexibility index (Phi) is 12.0. The Balaban J connectivity index is 2.22. The van der Waals surface area contributed by atoms with E-state index in [0.29, 0.717) is 35.7 Å². The van der Waals surface area contributed by atoms with Crippen LogP contribution in [0.1, 0.15) is 46.6 Å². The molecule has 2 rings (SSSR count). The monoisotopic (exact) mass is 622 g/mol. The number of hydrogen-bond donors (Lipinski definition) is 1. The van der Waals surface area contributed by atoms with Gasteiger partial charge in [-0.25, -0.2) is 13.3 Å². The number of halogens is 3. The molecule has 0 radical (unpaired) electrons. The van der Waals surface area contributed by atoms with Crippen LogP contribution in [-0.2, 0) is 32.3 Å². The summed E-state index contributed by atoms with van der Waals surface area (Å²) < 4.78 is 90.4. The highest BCUT2D eigenvalue weighted by Crippen LogP contribution is 2.27. The summed E-state index contributed by atoms with van der Waals surface area (Å²) >= 11 is 0. The lowest BCUT2D eigenvalue weighted by Gasteiger charge is -2.27. The molecule has 0 spiro atoms. The Hall–Kier alpha value is -2.84. The number of nitrogens with zero attached hydrogens (tertiary/aromatic N) is 1. The van der Waals surface area contributed by atoms with Crippen molar-refractivity contribution in [1.82, 2.24) is 9.62 Å². The van der Waals surface area contributed by atoms with E-state index in [9.17, 15) is 30.6 Å². The lowest BCUT2D eigenvalue weighted by molar-refractivity contribution is -0.0500. The van der Waals surface area contributed by atoms with E-state index in [0.717, 1.165) is 12.1 Å². The van der Waals surface area contributed by atoms with Crippen molar-refractivity contribution in [2.75, 3.05) is 20.2 Å². The average Bonchev–Trinajstić information content (AvgIpc) is 2.85. The summed E-state index contributed by atoms with van der Waals surface area (Å²) in [5.74, 6) is 0.325. The second kappa shape index (κ2) is 14.4. The minimum atomic E-state index is -5.80. The van der Waals surface area contributed by atoms with Crippen molar-refractivity contribution >= 4 is 27.2 Å². The van der Waals surface area contributed by atoms with Crippen LogP contribution in [0.15, 0.2) is 53.4 Å². The van der Waals surface area contributed by atoms with Gasteiger partial charge in [-0.3, -0.25) is 0 Å². The molecule has 41 heavy (non-hydrogen) atoms. The van der Waals surface area contributed by atoms with Crippen molar-refractivity contribution in [3.05, 3.63) is 54.1 Å². The van der Waals surface area contributed by atoms with E-state index in [-0.39, 0.29) is 12.3 Å². The molecule has 1 amide bonds. The van der Waals surface area contributed by atoms with Crippen LogP contribution >= 0.6 is 0 Å².